The number of hydrogen-bond donors (Lipinski definition) is 1. The van der Waals surface area contributed by atoms with E-state index in [2.05, 4.69) is 40.6 Å². The van der Waals surface area contributed by atoms with E-state index in [1.807, 2.05) is 28.9 Å². The highest BCUT2D eigenvalue weighted by Crippen LogP contribution is 2.30. The zero-order valence-corrected chi connectivity index (χ0v) is 14.9. The van der Waals surface area contributed by atoms with E-state index < -0.39 is 0 Å². The SMILES string of the molecule is CN1CCN(C(=O)N[C@@H]2CCCc3c2cnn3C)Cc2ccccc21. The first kappa shape index (κ1) is 16.0. The number of nitrogens with zero attached hydrogens (tertiary/aromatic N) is 4. The Hall–Kier alpha value is -2.50. The molecule has 132 valence electrons. The van der Waals surface area contributed by atoms with Crippen molar-refractivity contribution >= 4 is 11.7 Å². The summed E-state index contributed by atoms with van der Waals surface area (Å²) in [6, 6.07) is 8.42. The first-order chi connectivity index (χ1) is 12.1. The number of aryl methyl sites for hydroxylation is 1. The van der Waals surface area contributed by atoms with Crippen LogP contribution in [-0.4, -0.2) is 40.8 Å². The maximum absolute atomic E-state index is 12.9. The van der Waals surface area contributed by atoms with Gasteiger partial charge in [-0.2, -0.15) is 5.10 Å². The lowest BCUT2D eigenvalue weighted by molar-refractivity contribution is 0.192. The van der Waals surface area contributed by atoms with E-state index in [1.165, 1.54) is 22.5 Å². The Morgan fingerprint density at radius 2 is 2.08 bits per heavy atom. The zero-order valence-electron chi connectivity index (χ0n) is 14.9. The summed E-state index contributed by atoms with van der Waals surface area (Å²) in [5.41, 5.74) is 4.83. The van der Waals surface area contributed by atoms with Gasteiger partial charge in [-0.25, -0.2) is 4.79 Å². The lowest BCUT2D eigenvalue weighted by Crippen LogP contribution is -2.43. The zero-order chi connectivity index (χ0) is 17.4. The van der Waals surface area contributed by atoms with Crippen molar-refractivity contribution in [2.24, 2.45) is 7.05 Å². The van der Waals surface area contributed by atoms with Crippen molar-refractivity contribution < 1.29 is 4.79 Å². The maximum Gasteiger partial charge on any atom is 0.318 e. The van der Waals surface area contributed by atoms with Gasteiger partial charge in [0.25, 0.3) is 0 Å². The van der Waals surface area contributed by atoms with Crippen molar-refractivity contribution in [1.82, 2.24) is 20.0 Å². The number of carbonyl (C=O) groups excluding carboxylic acids is 1. The fourth-order valence-electron chi connectivity index (χ4n) is 3.96. The van der Waals surface area contributed by atoms with Crippen molar-refractivity contribution in [1.29, 1.82) is 0 Å². The molecule has 1 aliphatic heterocycles. The number of nitrogens with one attached hydrogen (secondary N) is 1. The van der Waals surface area contributed by atoms with E-state index in [0.29, 0.717) is 6.54 Å². The highest BCUT2D eigenvalue weighted by Gasteiger charge is 2.27. The molecule has 2 heterocycles. The van der Waals surface area contributed by atoms with E-state index in [-0.39, 0.29) is 12.1 Å². The van der Waals surface area contributed by atoms with E-state index in [1.54, 1.807) is 0 Å². The van der Waals surface area contributed by atoms with Gasteiger partial charge in [-0.1, -0.05) is 18.2 Å². The van der Waals surface area contributed by atoms with E-state index >= 15 is 0 Å². The summed E-state index contributed by atoms with van der Waals surface area (Å²) in [7, 11) is 4.06. The number of anilines is 1. The van der Waals surface area contributed by atoms with Gasteiger partial charge < -0.3 is 15.1 Å². The second kappa shape index (κ2) is 6.43. The topological polar surface area (TPSA) is 53.4 Å². The average Bonchev–Trinajstić information content (AvgIpc) is 2.91. The van der Waals surface area contributed by atoms with Gasteiger partial charge in [-0.15, -0.1) is 0 Å². The Labute approximate surface area is 148 Å². The first-order valence-corrected chi connectivity index (χ1v) is 8.98. The summed E-state index contributed by atoms with van der Waals surface area (Å²) >= 11 is 0. The van der Waals surface area contributed by atoms with Gasteiger partial charge in [0.1, 0.15) is 0 Å². The Morgan fingerprint density at radius 1 is 1.24 bits per heavy atom. The van der Waals surface area contributed by atoms with Gasteiger partial charge in [-0.3, -0.25) is 4.68 Å². The van der Waals surface area contributed by atoms with Crippen molar-refractivity contribution in [3.63, 3.8) is 0 Å². The van der Waals surface area contributed by atoms with Crippen LogP contribution in [0.15, 0.2) is 30.5 Å². The molecule has 25 heavy (non-hydrogen) atoms. The maximum atomic E-state index is 12.9. The molecule has 6 nitrogen and oxygen atoms in total. The summed E-state index contributed by atoms with van der Waals surface area (Å²) in [6.07, 6.45) is 5.02. The normalized spacial score (nSPS) is 19.8. The third-order valence-electron chi connectivity index (χ3n) is 5.43. The van der Waals surface area contributed by atoms with Crippen LogP contribution in [0.4, 0.5) is 10.5 Å². The molecule has 0 spiro atoms. The van der Waals surface area contributed by atoms with E-state index in [4.69, 9.17) is 0 Å². The predicted octanol–water partition coefficient (Wildman–Crippen LogP) is 2.46. The minimum absolute atomic E-state index is 0.0202. The molecular weight excluding hydrogens is 314 g/mol. The van der Waals surface area contributed by atoms with Crippen LogP contribution in [0.1, 0.15) is 35.7 Å². The van der Waals surface area contributed by atoms with Gasteiger partial charge in [-0.05, 0) is 30.9 Å². The summed E-state index contributed by atoms with van der Waals surface area (Å²) in [4.78, 5) is 17.1. The second-order valence-corrected chi connectivity index (χ2v) is 7.04. The number of aromatic nitrogens is 2. The number of rotatable bonds is 1. The number of amides is 2. The largest absolute Gasteiger partial charge is 0.373 e. The van der Waals surface area contributed by atoms with E-state index in [0.717, 1.165) is 32.4 Å². The van der Waals surface area contributed by atoms with Crippen LogP contribution in [0, 0.1) is 0 Å². The molecule has 0 fully saturated rings. The lowest BCUT2D eigenvalue weighted by Gasteiger charge is -2.28. The number of carbonyl (C=O) groups is 1. The fourth-order valence-corrected chi connectivity index (χ4v) is 3.96. The molecule has 1 atom stereocenters. The highest BCUT2D eigenvalue weighted by molar-refractivity contribution is 5.75. The second-order valence-electron chi connectivity index (χ2n) is 7.04. The van der Waals surface area contributed by atoms with Crippen LogP contribution < -0.4 is 10.2 Å². The molecule has 1 aliphatic carbocycles. The monoisotopic (exact) mass is 339 g/mol. The molecule has 0 unspecified atom stereocenters. The fraction of sp³-hybridized carbons (Fsp3) is 0.474. The smallest absolute Gasteiger partial charge is 0.318 e. The number of benzene rings is 1. The van der Waals surface area contributed by atoms with Crippen LogP contribution in [-0.2, 0) is 20.0 Å². The molecule has 0 saturated heterocycles. The average molecular weight is 339 g/mol. The van der Waals surface area contributed by atoms with Gasteiger partial charge >= 0.3 is 6.03 Å². The molecular formula is C19H25N5O. The van der Waals surface area contributed by atoms with Crippen molar-refractivity contribution in [2.45, 2.75) is 31.8 Å². The minimum atomic E-state index is 0.0202. The Bertz CT molecular complexity index is 784. The molecule has 6 heteroatoms. The molecule has 2 amide bonds. The third kappa shape index (κ3) is 2.97. The molecule has 0 saturated carbocycles. The van der Waals surface area contributed by atoms with Crippen LogP contribution in [0.5, 0.6) is 0 Å². The highest BCUT2D eigenvalue weighted by atomic mass is 16.2. The third-order valence-corrected chi connectivity index (χ3v) is 5.43. The number of fused-ring (bicyclic) bond motifs is 2. The van der Waals surface area contributed by atoms with Crippen molar-refractivity contribution in [2.75, 3.05) is 25.0 Å². The van der Waals surface area contributed by atoms with E-state index in [9.17, 15) is 4.79 Å². The van der Waals surface area contributed by atoms with Crippen LogP contribution in [0.3, 0.4) is 0 Å². The Kier molecular flexibility index (Phi) is 4.11. The van der Waals surface area contributed by atoms with Crippen LogP contribution in [0.2, 0.25) is 0 Å². The van der Waals surface area contributed by atoms with Gasteiger partial charge in [0, 0.05) is 50.7 Å². The Morgan fingerprint density at radius 3 is 2.96 bits per heavy atom. The predicted molar refractivity (Wildman–Crippen MR) is 97.5 cm³/mol. The summed E-state index contributed by atoms with van der Waals surface area (Å²) in [5.74, 6) is 0. The standard InChI is InChI=1S/C19H25N5O/c1-22-10-11-24(13-14-6-3-4-8-17(14)22)19(25)21-16-7-5-9-18-15(16)12-20-23(18)2/h3-4,6,8,12,16H,5,7,9-11,13H2,1-2H3,(H,21,25)/t16-/m1/s1. The van der Waals surface area contributed by atoms with Gasteiger partial charge in [0.2, 0.25) is 0 Å². The van der Waals surface area contributed by atoms with Crippen LogP contribution >= 0.6 is 0 Å². The van der Waals surface area contributed by atoms with Gasteiger partial charge in [0.05, 0.1) is 12.2 Å². The molecule has 4 rings (SSSR count). The molecule has 0 bridgehead atoms. The quantitative estimate of drug-likeness (QED) is 0.868. The number of para-hydroxylation sites is 1. The number of likely N-dealkylation sites (N-methyl/N-ethyl adjacent to an activating group) is 1. The van der Waals surface area contributed by atoms with Crippen LogP contribution in [0.25, 0.3) is 0 Å². The summed E-state index contributed by atoms with van der Waals surface area (Å²) in [6.45, 7) is 2.22. The molecule has 2 aliphatic rings. The molecule has 2 aromatic rings. The molecule has 0 radical (unpaired) electrons. The Balaban J connectivity index is 1.51. The summed E-state index contributed by atoms with van der Waals surface area (Å²) in [5, 5.41) is 7.61. The number of hydrogen-bond acceptors (Lipinski definition) is 3. The van der Waals surface area contributed by atoms with Crippen molar-refractivity contribution in [3.8, 4) is 0 Å². The molecule has 1 N–H and O–H groups in total. The minimum Gasteiger partial charge on any atom is -0.373 e. The molecule has 1 aromatic heterocycles. The van der Waals surface area contributed by atoms with Gasteiger partial charge in [0.15, 0.2) is 0 Å². The lowest BCUT2D eigenvalue weighted by atomic mass is 9.93. The molecule has 1 aromatic carbocycles. The summed E-state index contributed by atoms with van der Waals surface area (Å²) < 4.78 is 1.94. The first-order valence-electron chi connectivity index (χ1n) is 8.98. The van der Waals surface area contributed by atoms with Crippen molar-refractivity contribution in [3.05, 3.63) is 47.3 Å². The number of urea groups is 1.